The molecule has 0 aliphatic carbocycles. The van der Waals surface area contributed by atoms with E-state index in [-0.39, 0.29) is 12.5 Å². The maximum Gasteiger partial charge on any atom is 0.433 e. The van der Waals surface area contributed by atoms with Gasteiger partial charge in [-0.15, -0.1) is 0 Å². The largest absolute Gasteiger partial charge is 0.433 e. The third-order valence-electron chi connectivity index (χ3n) is 3.86. The first kappa shape index (κ1) is 19.5. The molecule has 1 aromatic rings. The van der Waals surface area contributed by atoms with E-state index in [0.717, 1.165) is 23.7 Å². The van der Waals surface area contributed by atoms with Crippen LogP contribution in [0.1, 0.15) is 62.6 Å². The van der Waals surface area contributed by atoms with Crippen molar-refractivity contribution in [1.82, 2.24) is 15.1 Å². The van der Waals surface area contributed by atoms with Crippen LogP contribution in [0.5, 0.6) is 0 Å². The van der Waals surface area contributed by atoms with Crippen molar-refractivity contribution in [3.63, 3.8) is 0 Å². The molecule has 1 atom stereocenters. The van der Waals surface area contributed by atoms with E-state index in [1.807, 2.05) is 13.8 Å². The Hall–Kier alpha value is -1.57. The Morgan fingerprint density at radius 3 is 2.35 bits per heavy atom. The van der Waals surface area contributed by atoms with Gasteiger partial charge < -0.3 is 10.4 Å². The normalized spacial score (nSPS) is 13.7. The Kier molecular flexibility index (Phi) is 6.61. The standard InChI is InChI=1S/C15H24F3N3O2/c1-5-10(6-2)12(22)8-19-14(23)11-7-20-21(9(3)4)13(11)15(16,17)18/h7,9-10,12,22H,5-6,8H2,1-4H3,(H,19,23). The fourth-order valence-electron chi connectivity index (χ4n) is 2.49. The maximum absolute atomic E-state index is 13.2. The predicted molar refractivity (Wildman–Crippen MR) is 80.0 cm³/mol. The second-order valence-electron chi connectivity index (χ2n) is 5.80. The number of hydrogen-bond donors (Lipinski definition) is 2. The van der Waals surface area contributed by atoms with Crippen molar-refractivity contribution >= 4 is 5.91 Å². The molecule has 132 valence electrons. The van der Waals surface area contributed by atoms with E-state index in [0.29, 0.717) is 0 Å². The molecule has 0 radical (unpaired) electrons. The number of halogens is 3. The Morgan fingerprint density at radius 1 is 1.35 bits per heavy atom. The van der Waals surface area contributed by atoms with Gasteiger partial charge in [0.1, 0.15) is 0 Å². The van der Waals surface area contributed by atoms with Crippen LogP contribution in [0.25, 0.3) is 0 Å². The Bertz CT molecular complexity index is 523. The lowest BCUT2D eigenvalue weighted by Crippen LogP contribution is -2.36. The number of aliphatic hydroxyl groups is 1. The monoisotopic (exact) mass is 335 g/mol. The van der Waals surface area contributed by atoms with E-state index in [1.54, 1.807) is 13.8 Å². The molecule has 0 saturated carbocycles. The lowest BCUT2D eigenvalue weighted by molar-refractivity contribution is -0.145. The predicted octanol–water partition coefficient (Wildman–Crippen LogP) is 3.01. The molecule has 1 amide bonds. The molecular formula is C15H24F3N3O2. The van der Waals surface area contributed by atoms with Crippen LogP contribution < -0.4 is 5.32 Å². The molecule has 1 unspecified atom stereocenters. The highest BCUT2D eigenvalue weighted by atomic mass is 19.4. The van der Waals surface area contributed by atoms with Gasteiger partial charge in [-0.3, -0.25) is 9.48 Å². The zero-order valence-corrected chi connectivity index (χ0v) is 13.8. The lowest BCUT2D eigenvalue weighted by Gasteiger charge is -2.20. The van der Waals surface area contributed by atoms with Gasteiger partial charge in [0.25, 0.3) is 5.91 Å². The van der Waals surface area contributed by atoms with Crippen LogP contribution in [0.15, 0.2) is 6.20 Å². The van der Waals surface area contributed by atoms with E-state index in [1.165, 1.54) is 0 Å². The van der Waals surface area contributed by atoms with Gasteiger partial charge in [0.05, 0.1) is 17.9 Å². The number of aliphatic hydroxyl groups excluding tert-OH is 1. The highest BCUT2D eigenvalue weighted by Crippen LogP contribution is 2.33. The van der Waals surface area contributed by atoms with Crippen molar-refractivity contribution in [2.45, 2.75) is 58.9 Å². The summed E-state index contributed by atoms with van der Waals surface area (Å²) in [6.45, 7) is 6.85. The second-order valence-corrected chi connectivity index (χ2v) is 5.80. The molecule has 0 bridgehead atoms. The van der Waals surface area contributed by atoms with E-state index >= 15 is 0 Å². The average Bonchev–Trinajstić information content (AvgIpc) is 2.91. The van der Waals surface area contributed by atoms with Crippen molar-refractivity contribution in [1.29, 1.82) is 0 Å². The smallest absolute Gasteiger partial charge is 0.391 e. The minimum Gasteiger partial charge on any atom is -0.391 e. The number of aromatic nitrogens is 2. The zero-order chi connectivity index (χ0) is 17.8. The number of nitrogens with one attached hydrogen (secondary N) is 1. The summed E-state index contributed by atoms with van der Waals surface area (Å²) in [5.74, 6) is -0.884. The van der Waals surface area contributed by atoms with Crippen LogP contribution >= 0.6 is 0 Å². The Labute approximate surface area is 133 Å². The van der Waals surface area contributed by atoms with Crippen molar-refractivity contribution in [2.75, 3.05) is 6.54 Å². The van der Waals surface area contributed by atoms with Crippen molar-refractivity contribution in [2.24, 2.45) is 5.92 Å². The molecule has 1 aromatic heterocycles. The Balaban J connectivity index is 2.93. The molecule has 0 aliphatic rings. The number of hydrogen-bond acceptors (Lipinski definition) is 3. The average molecular weight is 335 g/mol. The molecule has 0 fully saturated rings. The first-order chi connectivity index (χ1) is 10.6. The lowest BCUT2D eigenvalue weighted by atomic mass is 9.96. The molecular weight excluding hydrogens is 311 g/mol. The van der Waals surface area contributed by atoms with Crippen molar-refractivity contribution < 1.29 is 23.1 Å². The van der Waals surface area contributed by atoms with Crippen LogP contribution in [0.2, 0.25) is 0 Å². The number of carbonyl (C=O) groups excluding carboxylic acids is 1. The Morgan fingerprint density at radius 2 is 1.91 bits per heavy atom. The van der Waals surface area contributed by atoms with E-state index < -0.39 is 35.5 Å². The minimum atomic E-state index is -4.68. The van der Waals surface area contributed by atoms with Crippen LogP contribution in [0.3, 0.4) is 0 Å². The highest BCUT2D eigenvalue weighted by Gasteiger charge is 2.40. The summed E-state index contributed by atoms with van der Waals surface area (Å²) in [6.07, 6.45) is -3.09. The van der Waals surface area contributed by atoms with Gasteiger partial charge >= 0.3 is 6.18 Å². The van der Waals surface area contributed by atoms with E-state index in [2.05, 4.69) is 10.4 Å². The van der Waals surface area contributed by atoms with E-state index in [9.17, 15) is 23.1 Å². The summed E-state index contributed by atoms with van der Waals surface area (Å²) in [5, 5.41) is 16.0. The number of carbonyl (C=O) groups is 1. The number of amides is 1. The first-order valence-electron chi connectivity index (χ1n) is 7.74. The molecule has 0 aliphatic heterocycles. The molecule has 0 spiro atoms. The summed E-state index contributed by atoms with van der Waals surface area (Å²) in [4.78, 5) is 12.1. The molecule has 23 heavy (non-hydrogen) atoms. The molecule has 2 N–H and O–H groups in total. The summed E-state index contributed by atoms with van der Waals surface area (Å²) in [7, 11) is 0. The fourth-order valence-corrected chi connectivity index (χ4v) is 2.49. The third kappa shape index (κ3) is 4.70. The molecule has 1 rings (SSSR count). The number of alkyl halides is 3. The molecule has 8 heteroatoms. The number of rotatable bonds is 7. The topological polar surface area (TPSA) is 67.2 Å². The second kappa shape index (κ2) is 7.81. The quantitative estimate of drug-likeness (QED) is 0.805. The first-order valence-corrected chi connectivity index (χ1v) is 7.74. The van der Waals surface area contributed by atoms with Crippen LogP contribution in [0.4, 0.5) is 13.2 Å². The molecule has 5 nitrogen and oxygen atoms in total. The highest BCUT2D eigenvalue weighted by molar-refractivity contribution is 5.95. The molecule has 0 saturated heterocycles. The van der Waals surface area contributed by atoms with Crippen LogP contribution in [-0.2, 0) is 6.18 Å². The van der Waals surface area contributed by atoms with Gasteiger partial charge in [0, 0.05) is 12.6 Å². The third-order valence-corrected chi connectivity index (χ3v) is 3.86. The van der Waals surface area contributed by atoms with Gasteiger partial charge in [-0.05, 0) is 19.8 Å². The van der Waals surface area contributed by atoms with E-state index in [4.69, 9.17) is 0 Å². The molecule has 0 aromatic carbocycles. The van der Waals surface area contributed by atoms with Gasteiger partial charge in [-0.25, -0.2) is 0 Å². The van der Waals surface area contributed by atoms with Crippen molar-refractivity contribution in [3.05, 3.63) is 17.5 Å². The van der Waals surface area contributed by atoms with Gasteiger partial charge in [0.15, 0.2) is 5.69 Å². The maximum atomic E-state index is 13.2. The summed E-state index contributed by atoms with van der Waals surface area (Å²) in [5.41, 5.74) is -1.59. The minimum absolute atomic E-state index is 0.00391. The zero-order valence-electron chi connectivity index (χ0n) is 13.8. The van der Waals surface area contributed by atoms with Gasteiger partial charge in [0.2, 0.25) is 0 Å². The fraction of sp³-hybridized carbons (Fsp3) is 0.733. The summed E-state index contributed by atoms with van der Waals surface area (Å²) < 4.78 is 40.4. The van der Waals surface area contributed by atoms with Gasteiger partial charge in [-0.2, -0.15) is 18.3 Å². The number of nitrogens with zero attached hydrogens (tertiary/aromatic N) is 2. The summed E-state index contributed by atoms with van der Waals surface area (Å²) >= 11 is 0. The molecule has 1 heterocycles. The van der Waals surface area contributed by atoms with Crippen LogP contribution in [0, 0.1) is 5.92 Å². The van der Waals surface area contributed by atoms with Gasteiger partial charge in [-0.1, -0.05) is 26.7 Å². The SMILES string of the molecule is CCC(CC)C(O)CNC(=O)c1cnn(C(C)C)c1C(F)(F)F. The van der Waals surface area contributed by atoms with Crippen molar-refractivity contribution in [3.8, 4) is 0 Å². The summed E-state index contributed by atoms with van der Waals surface area (Å²) in [6, 6.07) is -0.525. The van der Waals surface area contributed by atoms with Crippen LogP contribution in [-0.4, -0.2) is 33.4 Å².